The van der Waals surface area contributed by atoms with Gasteiger partial charge in [-0.3, -0.25) is 4.90 Å². The Morgan fingerprint density at radius 2 is 1.83 bits per heavy atom. The van der Waals surface area contributed by atoms with Gasteiger partial charge in [0.25, 0.3) is 5.78 Å². The number of hydrogen-bond acceptors (Lipinski definition) is 4. The lowest BCUT2D eigenvalue weighted by molar-refractivity contribution is -0.142. The van der Waals surface area contributed by atoms with Crippen LogP contribution in [-0.4, -0.2) is 37.6 Å². The Morgan fingerprint density at radius 3 is 2.57 bits per heavy atom. The molecule has 0 radical (unpaired) electrons. The first-order chi connectivity index (χ1) is 14.1. The molecule has 4 rings (SSSR count). The fourth-order valence-electron chi connectivity index (χ4n) is 3.79. The lowest BCUT2D eigenvalue weighted by Crippen LogP contribution is -2.34. The van der Waals surface area contributed by atoms with Crippen molar-refractivity contribution < 1.29 is 26.3 Å². The Labute approximate surface area is 167 Å². The molecule has 160 valence electrons. The zero-order valence-electron chi connectivity index (χ0n) is 15.6. The predicted octanol–water partition coefficient (Wildman–Crippen LogP) is 4.54. The van der Waals surface area contributed by atoms with Crippen molar-refractivity contribution in [3.8, 4) is 0 Å². The molecular weight excluding hydrogens is 412 g/mol. The number of aromatic nitrogens is 4. The summed E-state index contributed by atoms with van der Waals surface area (Å²) >= 11 is 0. The molecule has 0 N–H and O–H groups in total. The number of benzene rings is 1. The van der Waals surface area contributed by atoms with Crippen LogP contribution in [0.25, 0.3) is 5.78 Å². The number of likely N-dealkylation sites (tertiary alicyclic amines) is 1. The Hall–Kier alpha value is -2.69. The minimum absolute atomic E-state index is 0.130. The molecule has 1 unspecified atom stereocenters. The second kappa shape index (κ2) is 7.53. The summed E-state index contributed by atoms with van der Waals surface area (Å²) in [4.78, 5) is 9.96. The van der Waals surface area contributed by atoms with Crippen LogP contribution >= 0.6 is 0 Å². The molecule has 1 aliphatic heterocycles. The average Bonchev–Trinajstić information content (AvgIpc) is 3.15. The molecule has 5 nitrogen and oxygen atoms in total. The minimum atomic E-state index is -4.62. The topological polar surface area (TPSA) is 46.3 Å². The second-order valence-electron chi connectivity index (χ2n) is 7.31. The van der Waals surface area contributed by atoms with Crippen molar-refractivity contribution in [2.45, 2.75) is 37.7 Å². The monoisotopic (exact) mass is 429 g/mol. The summed E-state index contributed by atoms with van der Waals surface area (Å²) < 4.78 is 79.7. The van der Waals surface area contributed by atoms with Crippen LogP contribution in [-0.2, 0) is 18.9 Å². The van der Waals surface area contributed by atoms with E-state index in [0.717, 1.165) is 24.5 Å². The standard InChI is InChI=1S/C19H17F6N5/c20-18(21,22)14-5-1-3-12(7-14)9-29-6-2-4-13(10-29)15-8-16(19(23,24)25)30-17(28-15)26-11-27-30/h1,3,5,7-8,11,13H,2,4,6,9-10H2. The minimum Gasteiger partial charge on any atom is -0.298 e. The van der Waals surface area contributed by atoms with Crippen LogP contribution in [0.15, 0.2) is 36.7 Å². The van der Waals surface area contributed by atoms with E-state index in [4.69, 9.17) is 0 Å². The van der Waals surface area contributed by atoms with E-state index in [1.54, 1.807) is 6.07 Å². The van der Waals surface area contributed by atoms with Crippen LogP contribution in [0.2, 0.25) is 0 Å². The van der Waals surface area contributed by atoms with E-state index >= 15 is 0 Å². The van der Waals surface area contributed by atoms with E-state index in [1.165, 1.54) is 6.07 Å². The van der Waals surface area contributed by atoms with Crippen molar-refractivity contribution in [2.24, 2.45) is 0 Å². The summed E-state index contributed by atoms with van der Waals surface area (Å²) in [5.41, 5.74) is -0.906. The van der Waals surface area contributed by atoms with Crippen molar-refractivity contribution in [2.75, 3.05) is 13.1 Å². The highest BCUT2D eigenvalue weighted by atomic mass is 19.4. The van der Waals surface area contributed by atoms with Gasteiger partial charge in [0.2, 0.25) is 0 Å². The highest BCUT2D eigenvalue weighted by Gasteiger charge is 2.36. The van der Waals surface area contributed by atoms with Gasteiger partial charge in [-0.05, 0) is 37.1 Å². The van der Waals surface area contributed by atoms with Crippen molar-refractivity contribution in [3.05, 3.63) is 59.2 Å². The summed E-state index contributed by atoms with van der Waals surface area (Å²) in [6.45, 7) is 1.32. The third-order valence-electron chi connectivity index (χ3n) is 5.15. The van der Waals surface area contributed by atoms with Gasteiger partial charge in [0.1, 0.15) is 6.33 Å². The fraction of sp³-hybridized carbons (Fsp3) is 0.421. The van der Waals surface area contributed by atoms with E-state index in [1.807, 2.05) is 4.90 Å². The molecule has 1 atom stereocenters. The summed E-state index contributed by atoms with van der Waals surface area (Å²) in [5, 5.41) is 3.59. The number of rotatable bonds is 3. The maximum absolute atomic E-state index is 13.4. The van der Waals surface area contributed by atoms with Crippen molar-refractivity contribution in [1.29, 1.82) is 0 Å². The first kappa shape index (κ1) is 20.6. The lowest BCUT2D eigenvalue weighted by Gasteiger charge is -2.32. The molecule has 0 bridgehead atoms. The smallest absolute Gasteiger partial charge is 0.298 e. The average molecular weight is 429 g/mol. The molecule has 3 heterocycles. The third kappa shape index (κ3) is 4.25. The van der Waals surface area contributed by atoms with Crippen molar-refractivity contribution in [3.63, 3.8) is 0 Å². The fourth-order valence-corrected chi connectivity index (χ4v) is 3.79. The highest BCUT2D eigenvalue weighted by molar-refractivity contribution is 5.33. The number of nitrogens with zero attached hydrogens (tertiary/aromatic N) is 5. The van der Waals surface area contributed by atoms with Crippen LogP contribution in [0.4, 0.5) is 26.3 Å². The normalized spacial score (nSPS) is 18.8. The first-order valence-corrected chi connectivity index (χ1v) is 9.27. The quantitative estimate of drug-likeness (QED) is 0.574. The van der Waals surface area contributed by atoms with E-state index in [0.29, 0.717) is 36.0 Å². The van der Waals surface area contributed by atoms with Crippen LogP contribution < -0.4 is 0 Å². The summed E-state index contributed by atoms with van der Waals surface area (Å²) in [7, 11) is 0. The van der Waals surface area contributed by atoms with E-state index in [-0.39, 0.29) is 23.9 Å². The number of piperidine rings is 1. The SMILES string of the molecule is FC(F)(F)c1cccc(CN2CCCC(c3cc(C(F)(F)F)n4ncnc4n3)C2)c1. The zero-order valence-corrected chi connectivity index (χ0v) is 15.6. The second-order valence-corrected chi connectivity index (χ2v) is 7.31. The van der Waals surface area contributed by atoms with Crippen LogP contribution in [0.1, 0.15) is 41.3 Å². The maximum atomic E-state index is 13.4. The number of alkyl halides is 6. The molecule has 0 amide bonds. The van der Waals surface area contributed by atoms with Gasteiger partial charge in [-0.1, -0.05) is 18.2 Å². The first-order valence-electron chi connectivity index (χ1n) is 9.27. The summed E-state index contributed by atoms with van der Waals surface area (Å²) in [5.74, 6) is -0.415. The molecule has 0 aliphatic carbocycles. The molecule has 0 spiro atoms. The van der Waals surface area contributed by atoms with Gasteiger partial charge >= 0.3 is 12.4 Å². The van der Waals surface area contributed by atoms with Crippen LogP contribution in [0.3, 0.4) is 0 Å². The Balaban J connectivity index is 1.56. The van der Waals surface area contributed by atoms with Gasteiger partial charge in [0.15, 0.2) is 5.69 Å². The third-order valence-corrected chi connectivity index (χ3v) is 5.15. The van der Waals surface area contributed by atoms with Crippen LogP contribution in [0, 0.1) is 0 Å². The maximum Gasteiger partial charge on any atom is 0.433 e. The van der Waals surface area contributed by atoms with Gasteiger partial charge in [0, 0.05) is 19.0 Å². The molecule has 11 heteroatoms. The lowest BCUT2D eigenvalue weighted by atomic mass is 9.93. The van der Waals surface area contributed by atoms with Crippen molar-refractivity contribution in [1.82, 2.24) is 24.5 Å². The molecule has 1 saturated heterocycles. The molecule has 30 heavy (non-hydrogen) atoms. The van der Waals surface area contributed by atoms with E-state index in [2.05, 4.69) is 15.1 Å². The summed E-state index contributed by atoms with van der Waals surface area (Å²) in [6.07, 6.45) is -6.69. The van der Waals surface area contributed by atoms with Gasteiger partial charge in [-0.25, -0.2) is 4.98 Å². The van der Waals surface area contributed by atoms with Gasteiger partial charge < -0.3 is 0 Å². The van der Waals surface area contributed by atoms with Crippen LogP contribution in [0.5, 0.6) is 0 Å². The molecule has 3 aromatic rings. The number of halogens is 6. The number of fused-ring (bicyclic) bond motifs is 1. The Morgan fingerprint density at radius 1 is 1.03 bits per heavy atom. The summed E-state index contributed by atoms with van der Waals surface area (Å²) in [6, 6.07) is 6.07. The highest BCUT2D eigenvalue weighted by Crippen LogP contribution is 2.34. The zero-order chi connectivity index (χ0) is 21.5. The predicted molar refractivity (Wildman–Crippen MR) is 94.5 cm³/mol. The van der Waals surface area contributed by atoms with Gasteiger partial charge in [-0.15, -0.1) is 0 Å². The Kier molecular flexibility index (Phi) is 5.16. The van der Waals surface area contributed by atoms with E-state index < -0.39 is 23.6 Å². The van der Waals surface area contributed by atoms with Crippen molar-refractivity contribution >= 4 is 5.78 Å². The van der Waals surface area contributed by atoms with Gasteiger partial charge in [0.05, 0.1) is 11.3 Å². The molecule has 2 aromatic heterocycles. The molecular formula is C19H17F6N5. The van der Waals surface area contributed by atoms with Gasteiger partial charge in [-0.2, -0.15) is 40.9 Å². The molecule has 0 saturated carbocycles. The molecule has 1 aromatic carbocycles. The Bertz CT molecular complexity index is 1040. The molecule has 1 aliphatic rings. The molecule has 1 fully saturated rings. The number of hydrogen-bond donors (Lipinski definition) is 0. The van der Waals surface area contributed by atoms with E-state index in [9.17, 15) is 26.3 Å². The largest absolute Gasteiger partial charge is 0.433 e.